The first-order chi connectivity index (χ1) is 18.6. The summed E-state index contributed by atoms with van der Waals surface area (Å²) in [7, 11) is 0. The average molecular weight is 536 g/mol. The molecule has 0 radical (unpaired) electrons. The maximum absolute atomic E-state index is 12.1. The third-order valence-electron chi connectivity index (χ3n) is 8.59. The lowest BCUT2D eigenvalue weighted by Crippen LogP contribution is -2.49. The summed E-state index contributed by atoms with van der Waals surface area (Å²) < 4.78 is 0.107. The molecule has 1 heterocycles. The zero-order valence-corrected chi connectivity index (χ0v) is 25.9. The molecule has 1 N–H and O–H groups in total. The normalized spacial score (nSPS) is 17.1. The molecule has 1 atom stereocenters. The van der Waals surface area contributed by atoms with Crippen LogP contribution in [0, 0.1) is 0 Å². The number of hydrogen-bond donors (Lipinski definition) is 1. The van der Waals surface area contributed by atoms with Crippen LogP contribution in [0.3, 0.4) is 0 Å². The SMILES string of the molecule is CCCCCCCCCCCCCCCCCCN1C=C[N+](CCCCCCCCCCCC)(C(=O)O)C1. The first-order valence-corrected chi connectivity index (χ1v) is 17.2. The number of carboxylic acid groups (broad SMARTS) is 1. The summed E-state index contributed by atoms with van der Waals surface area (Å²) in [5, 5.41) is 9.93. The number of amides is 1. The van der Waals surface area contributed by atoms with Gasteiger partial charge in [-0.05, 0) is 19.3 Å². The first-order valence-electron chi connectivity index (χ1n) is 17.2. The van der Waals surface area contributed by atoms with E-state index in [9.17, 15) is 9.90 Å². The summed E-state index contributed by atoms with van der Waals surface area (Å²) in [5.74, 6) is 0. The predicted molar refractivity (Wildman–Crippen MR) is 165 cm³/mol. The van der Waals surface area contributed by atoms with Crippen LogP contribution in [0.1, 0.15) is 181 Å². The number of rotatable bonds is 28. The highest BCUT2D eigenvalue weighted by atomic mass is 16.4. The Kier molecular flexibility index (Phi) is 23.0. The molecule has 0 aliphatic carbocycles. The van der Waals surface area contributed by atoms with Crippen molar-refractivity contribution in [1.82, 2.24) is 4.90 Å². The lowest BCUT2D eigenvalue weighted by atomic mass is 10.0. The molecule has 0 aromatic carbocycles. The van der Waals surface area contributed by atoms with E-state index in [2.05, 4.69) is 24.9 Å². The van der Waals surface area contributed by atoms with E-state index in [4.69, 9.17) is 0 Å². The summed E-state index contributed by atoms with van der Waals surface area (Å²) in [4.78, 5) is 14.3. The number of nitrogens with zero attached hydrogens (tertiary/aromatic N) is 2. The van der Waals surface area contributed by atoms with E-state index >= 15 is 0 Å². The van der Waals surface area contributed by atoms with E-state index in [0.29, 0.717) is 6.67 Å². The van der Waals surface area contributed by atoms with Gasteiger partial charge in [0.2, 0.25) is 0 Å². The number of quaternary nitrogens is 1. The highest BCUT2D eigenvalue weighted by Crippen LogP contribution is 2.22. The van der Waals surface area contributed by atoms with Crippen LogP contribution in [0.5, 0.6) is 0 Å². The summed E-state index contributed by atoms with van der Waals surface area (Å²) in [6.07, 6.45) is 38.4. The molecule has 1 unspecified atom stereocenters. The zero-order chi connectivity index (χ0) is 27.6. The van der Waals surface area contributed by atoms with Crippen molar-refractivity contribution in [3.8, 4) is 0 Å². The number of unbranched alkanes of at least 4 members (excludes halogenated alkanes) is 24. The fraction of sp³-hybridized carbons (Fsp3) is 0.912. The average Bonchev–Trinajstić information content (AvgIpc) is 3.34. The molecule has 0 saturated heterocycles. The Morgan fingerprint density at radius 3 is 1.29 bits per heavy atom. The van der Waals surface area contributed by atoms with Gasteiger partial charge in [-0.3, -0.25) is 0 Å². The smallest absolute Gasteiger partial charge is 0.435 e. The molecular weight excluding hydrogens is 468 g/mol. The molecule has 38 heavy (non-hydrogen) atoms. The molecule has 0 saturated carbocycles. The predicted octanol–water partition coefficient (Wildman–Crippen LogP) is 11.4. The molecule has 1 aliphatic rings. The Morgan fingerprint density at radius 1 is 0.579 bits per heavy atom. The van der Waals surface area contributed by atoms with Crippen LogP contribution in [0.15, 0.2) is 12.4 Å². The van der Waals surface area contributed by atoms with Crippen molar-refractivity contribution in [1.29, 1.82) is 0 Å². The monoisotopic (exact) mass is 536 g/mol. The van der Waals surface area contributed by atoms with Crippen LogP contribution >= 0.6 is 0 Å². The van der Waals surface area contributed by atoms with Gasteiger partial charge >= 0.3 is 6.09 Å². The topological polar surface area (TPSA) is 40.5 Å². The Morgan fingerprint density at radius 2 is 0.921 bits per heavy atom. The number of hydrogen-bond acceptors (Lipinski definition) is 2. The second-order valence-corrected chi connectivity index (χ2v) is 12.3. The van der Waals surface area contributed by atoms with Gasteiger partial charge in [0, 0.05) is 6.54 Å². The molecule has 1 aliphatic heterocycles. The van der Waals surface area contributed by atoms with E-state index in [-0.39, 0.29) is 4.48 Å². The van der Waals surface area contributed by atoms with Gasteiger partial charge in [-0.25, -0.2) is 0 Å². The Labute approximate surface area is 238 Å². The van der Waals surface area contributed by atoms with Gasteiger partial charge in [0.25, 0.3) is 0 Å². The molecule has 0 aromatic rings. The van der Waals surface area contributed by atoms with Gasteiger partial charge in [0.1, 0.15) is 6.20 Å². The van der Waals surface area contributed by atoms with Gasteiger partial charge in [0.05, 0.1) is 12.7 Å². The van der Waals surface area contributed by atoms with Crippen LogP contribution in [-0.2, 0) is 0 Å². The Balaban J connectivity index is 1.95. The van der Waals surface area contributed by atoms with Crippen molar-refractivity contribution in [3.05, 3.63) is 12.4 Å². The molecule has 0 aromatic heterocycles. The fourth-order valence-electron chi connectivity index (χ4n) is 5.90. The standard InChI is InChI=1S/C34H66N2O2/c1-3-5-7-9-11-13-15-16-17-18-19-20-21-23-25-27-29-35-30-32-36(33-35,34(37)38)31-28-26-24-22-14-12-10-8-6-4-2/h30,32H,3-29,31,33H2,1-2H3/p+1. The maximum Gasteiger partial charge on any atom is 0.519 e. The van der Waals surface area contributed by atoms with Crippen molar-refractivity contribution >= 4 is 6.09 Å². The van der Waals surface area contributed by atoms with Gasteiger partial charge in [-0.2, -0.15) is 9.28 Å². The summed E-state index contributed by atoms with van der Waals surface area (Å²) in [6, 6.07) is 0. The third-order valence-corrected chi connectivity index (χ3v) is 8.59. The highest BCUT2D eigenvalue weighted by molar-refractivity contribution is 5.57. The minimum atomic E-state index is -0.688. The summed E-state index contributed by atoms with van der Waals surface area (Å²) >= 11 is 0. The first kappa shape index (κ1) is 35.0. The molecular formula is C34H67N2O2+. The van der Waals surface area contributed by atoms with Crippen molar-refractivity contribution in [2.24, 2.45) is 0 Å². The van der Waals surface area contributed by atoms with Crippen molar-refractivity contribution in [2.45, 2.75) is 181 Å². The molecule has 0 bridgehead atoms. The van der Waals surface area contributed by atoms with Crippen LogP contribution in [0.2, 0.25) is 0 Å². The van der Waals surface area contributed by atoms with Gasteiger partial charge in [-0.1, -0.05) is 162 Å². The quantitative estimate of drug-likeness (QED) is 0.0799. The molecule has 4 heteroatoms. The highest BCUT2D eigenvalue weighted by Gasteiger charge is 2.39. The van der Waals surface area contributed by atoms with E-state index in [1.54, 1.807) is 0 Å². The second-order valence-electron chi connectivity index (χ2n) is 12.3. The largest absolute Gasteiger partial charge is 0.519 e. The van der Waals surface area contributed by atoms with Crippen molar-refractivity contribution in [3.63, 3.8) is 0 Å². The zero-order valence-electron chi connectivity index (χ0n) is 25.9. The van der Waals surface area contributed by atoms with Crippen molar-refractivity contribution in [2.75, 3.05) is 19.8 Å². The third kappa shape index (κ3) is 18.3. The van der Waals surface area contributed by atoms with Crippen LogP contribution in [-0.4, -0.2) is 40.3 Å². The van der Waals surface area contributed by atoms with Crippen LogP contribution < -0.4 is 0 Å². The van der Waals surface area contributed by atoms with Gasteiger partial charge in [0.15, 0.2) is 6.67 Å². The molecule has 1 rings (SSSR count). The maximum atomic E-state index is 12.1. The van der Waals surface area contributed by atoms with Crippen LogP contribution in [0.25, 0.3) is 0 Å². The lowest BCUT2D eigenvalue weighted by molar-refractivity contribution is -0.808. The summed E-state index contributed by atoms with van der Waals surface area (Å²) in [6.45, 7) is 6.91. The van der Waals surface area contributed by atoms with Crippen LogP contribution in [0.4, 0.5) is 4.79 Å². The number of carbonyl (C=O) groups is 1. The van der Waals surface area contributed by atoms with Crippen molar-refractivity contribution < 1.29 is 14.4 Å². The van der Waals surface area contributed by atoms with E-state index in [1.165, 1.54) is 154 Å². The lowest BCUT2D eigenvalue weighted by Gasteiger charge is -2.27. The Bertz CT molecular complexity index is 565. The summed E-state index contributed by atoms with van der Waals surface area (Å²) in [5.41, 5.74) is 0. The minimum Gasteiger partial charge on any atom is -0.435 e. The van der Waals surface area contributed by atoms with E-state index in [0.717, 1.165) is 25.9 Å². The van der Waals surface area contributed by atoms with E-state index < -0.39 is 6.09 Å². The minimum absolute atomic E-state index is 0.107. The molecule has 224 valence electrons. The molecule has 1 amide bonds. The van der Waals surface area contributed by atoms with Gasteiger partial charge in [-0.15, -0.1) is 0 Å². The van der Waals surface area contributed by atoms with E-state index in [1.807, 2.05) is 6.20 Å². The molecule has 0 fully saturated rings. The fourth-order valence-corrected chi connectivity index (χ4v) is 5.90. The Hall–Kier alpha value is -1.03. The van der Waals surface area contributed by atoms with Gasteiger partial charge < -0.3 is 10.0 Å². The second kappa shape index (κ2) is 25.0. The molecule has 4 nitrogen and oxygen atoms in total. The molecule has 0 spiro atoms.